The van der Waals surface area contributed by atoms with Crippen LogP contribution in [-0.4, -0.2) is 53.1 Å². The molecule has 0 aliphatic heterocycles. The zero-order chi connectivity index (χ0) is 15.2. The van der Waals surface area contributed by atoms with Crippen molar-refractivity contribution in [1.82, 2.24) is 0 Å². The summed E-state index contributed by atoms with van der Waals surface area (Å²) in [5.41, 5.74) is 0. The minimum Gasteiger partial charge on any atom is -0.862 e. The van der Waals surface area contributed by atoms with Gasteiger partial charge in [-0.05, 0) is 26.7 Å². The molecule has 0 amide bonds. The van der Waals surface area contributed by atoms with Gasteiger partial charge in [0.05, 0.1) is 7.11 Å². The van der Waals surface area contributed by atoms with E-state index >= 15 is 0 Å². The number of carbonyl (C=O) groups is 2. The summed E-state index contributed by atoms with van der Waals surface area (Å²) in [5.74, 6) is -2.57. The molecule has 0 aromatic rings. The maximum absolute atomic E-state index is 11.4. The number of carboxylic acid groups (broad SMARTS) is 1. The van der Waals surface area contributed by atoms with E-state index in [9.17, 15) is 14.7 Å². The van der Waals surface area contributed by atoms with Crippen LogP contribution in [-0.2, 0) is 14.3 Å². The van der Waals surface area contributed by atoms with Crippen LogP contribution in [0.3, 0.4) is 0 Å². The molecule has 0 aromatic heterocycles. The van der Waals surface area contributed by atoms with E-state index in [4.69, 9.17) is 5.11 Å². The van der Waals surface area contributed by atoms with Gasteiger partial charge in [-0.25, -0.2) is 9.59 Å². The number of nitrogens with zero attached hydrogens (tertiary/aromatic N) is 2. The fourth-order valence-electron chi connectivity index (χ4n) is 1.18. The largest absolute Gasteiger partial charge is 0.862 e. The fraction of sp³-hybridized carbons (Fsp3) is 0.636. The molecule has 0 aliphatic carbocycles. The van der Waals surface area contributed by atoms with Crippen LogP contribution in [0.25, 0.3) is 0 Å². The molecule has 2 unspecified atom stereocenters. The Bertz CT molecular complexity index is 396. The first kappa shape index (κ1) is 17.4. The second kappa shape index (κ2) is 7.13. The summed E-state index contributed by atoms with van der Waals surface area (Å²) in [6.45, 7) is 4.31. The Kier molecular flexibility index (Phi) is 6.54. The molecule has 0 saturated heterocycles. The average Bonchev–Trinajstić information content (AvgIpc) is 2.23. The van der Waals surface area contributed by atoms with Crippen molar-refractivity contribution in [2.45, 2.75) is 37.6 Å². The van der Waals surface area contributed by atoms with Crippen molar-refractivity contribution < 1.29 is 24.5 Å². The van der Waals surface area contributed by atoms with Gasteiger partial charge in [-0.15, -0.1) is 0 Å². The Balaban J connectivity index is 5.21. The van der Waals surface area contributed by atoms with Gasteiger partial charge in [0.1, 0.15) is 0 Å². The van der Waals surface area contributed by atoms with Crippen LogP contribution in [0.4, 0.5) is 0 Å². The number of rotatable bonds is 6. The topological polar surface area (TPSA) is 111 Å². The van der Waals surface area contributed by atoms with Crippen molar-refractivity contribution in [3.05, 3.63) is 0 Å². The lowest BCUT2D eigenvalue weighted by Crippen LogP contribution is -2.37. The minimum atomic E-state index is -1.25. The molecule has 0 heterocycles. The number of hydrogen-bond acceptors (Lipinski definition) is 7. The van der Waals surface area contributed by atoms with Gasteiger partial charge in [0.25, 0.3) is 0 Å². The summed E-state index contributed by atoms with van der Waals surface area (Å²) in [6.07, 6.45) is 0.990. The summed E-state index contributed by atoms with van der Waals surface area (Å²) in [6, 6.07) is -2.43. The standard InChI is InChI=1S/C11H18N2O5S/c1-6(14)13-7(10(17)18-4)5-12-8(9(15)16)11(2,3)19/h5,7-8,19H,1-4H3,(H,13,14)(H,15,16)/p-1. The summed E-state index contributed by atoms with van der Waals surface area (Å²) in [5, 5.41) is 19.9. The molecular weight excluding hydrogens is 272 g/mol. The van der Waals surface area contributed by atoms with Crippen LogP contribution in [0, 0.1) is 0 Å². The number of carboxylic acids is 1. The zero-order valence-corrected chi connectivity index (χ0v) is 12.0. The molecule has 0 aliphatic rings. The monoisotopic (exact) mass is 289 g/mol. The molecule has 0 aromatic carbocycles. The lowest BCUT2D eigenvalue weighted by molar-refractivity contribution is -0.216. The molecule has 7 nitrogen and oxygen atoms in total. The predicted octanol–water partition coefficient (Wildman–Crippen LogP) is -0.461. The van der Waals surface area contributed by atoms with Gasteiger partial charge in [0.2, 0.25) is 0 Å². The van der Waals surface area contributed by atoms with Crippen LogP contribution in [0.15, 0.2) is 9.98 Å². The predicted molar refractivity (Wildman–Crippen MR) is 71.9 cm³/mol. The Labute approximate surface area is 116 Å². The number of esters is 1. The van der Waals surface area contributed by atoms with Crippen LogP contribution < -0.4 is 5.11 Å². The molecule has 108 valence electrons. The highest BCUT2D eigenvalue weighted by Crippen LogP contribution is 2.20. The third-order valence-electron chi connectivity index (χ3n) is 2.04. The lowest BCUT2D eigenvalue weighted by atomic mass is 10.0. The molecular formula is C11H17N2O5S-. The van der Waals surface area contributed by atoms with Gasteiger partial charge in [0, 0.05) is 11.0 Å². The van der Waals surface area contributed by atoms with E-state index in [0.717, 1.165) is 13.3 Å². The number of methoxy groups -OCH3 is 1. The number of hydrogen-bond donors (Lipinski definition) is 2. The van der Waals surface area contributed by atoms with Gasteiger partial charge >= 0.3 is 11.9 Å². The third-order valence-corrected chi connectivity index (χ3v) is 2.29. The first-order chi connectivity index (χ1) is 8.59. The quantitative estimate of drug-likeness (QED) is 0.297. The summed E-state index contributed by atoms with van der Waals surface area (Å²) in [4.78, 5) is 29.6. The Morgan fingerprint density at radius 2 is 2.00 bits per heavy atom. The van der Waals surface area contributed by atoms with Crippen LogP contribution >= 0.6 is 12.6 Å². The van der Waals surface area contributed by atoms with Crippen LogP contribution in [0.1, 0.15) is 20.8 Å². The normalized spacial score (nSPS) is 16.2. The van der Waals surface area contributed by atoms with E-state index in [0.29, 0.717) is 0 Å². The van der Waals surface area contributed by atoms with Gasteiger partial charge in [-0.3, -0.25) is 9.98 Å². The van der Waals surface area contributed by atoms with Gasteiger partial charge in [-0.2, -0.15) is 12.6 Å². The molecule has 8 heteroatoms. The fourth-order valence-corrected chi connectivity index (χ4v) is 1.36. The van der Waals surface area contributed by atoms with Gasteiger partial charge < -0.3 is 14.9 Å². The molecule has 0 radical (unpaired) electrons. The first-order valence-corrected chi connectivity index (χ1v) is 5.82. The number of aliphatic carboxylic acids is 1. The number of carbonyl (C=O) groups excluding carboxylic acids is 1. The summed E-state index contributed by atoms with van der Waals surface area (Å²) >= 11 is 4.13. The second-order valence-corrected chi connectivity index (χ2v) is 5.46. The molecule has 0 spiro atoms. The van der Waals surface area contributed by atoms with E-state index in [-0.39, 0.29) is 0 Å². The highest BCUT2D eigenvalue weighted by atomic mass is 32.1. The smallest absolute Gasteiger partial charge is 0.336 e. The maximum Gasteiger partial charge on any atom is 0.336 e. The van der Waals surface area contributed by atoms with E-state index in [1.807, 2.05) is 0 Å². The van der Waals surface area contributed by atoms with E-state index in [1.54, 1.807) is 13.8 Å². The Morgan fingerprint density at radius 1 is 1.47 bits per heavy atom. The summed E-state index contributed by atoms with van der Waals surface area (Å²) < 4.78 is 3.52. The van der Waals surface area contributed by atoms with Crippen molar-refractivity contribution >= 4 is 36.7 Å². The molecule has 1 N–H and O–H groups in total. The molecule has 0 fully saturated rings. The highest BCUT2D eigenvalue weighted by molar-refractivity contribution is 7.81. The zero-order valence-electron chi connectivity index (χ0n) is 11.2. The molecule has 19 heavy (non-hydrogen) atoms. The maximum atomic E-state index is 11.4. The van der Waals surface area contributed by atoms with Crippen molar-refractivity contribution in [3.8, 4) is 0 Å². The number of aliphatic imine (C=N–C) groups is 2. The van der Waals surface area contributed by atoms with E-state index in [1.165, 1.54) is 6.92 Å². The lowest BCUT2D eigenvalue weighted by Gasteiger charge is -2.22. The van der Waals surface area contributed by atoms with Crippen molar-refractivity contribution in [2.75, 3.05) is 7.11 Å². The molecule has 2 atom stereocenters. The SMILES string of the molecule is COC(=O)C(C=NC(C(=O)O)C(C)(C)S)N=C(C)[O-]. The van der Waals surface area contributed by atoms with Gasteiger partial charge in [0.15, 0.2) is 12.1 Å². The molecule has 0 rings (SSSR count). The highest BCUT2D eigenvalue weighted by Gasteiger charge is 2.31. The van der Waals surface area contributed by atoms with Crippen molar-refractivity contribution in [1.29, 1.82) is 0 Å². The van der Waals surface area contributed by atoms with Crippen LogP contribution in [0.5, 0.6) is 0 Å². The van der Waals surface area contributed by atoms with Crippen LogP contribution in [0.2, 0.25) is 0 Å². The summed E-state index contributed by atoms with van der Waals surface area (Å²) in [7, 11) is 1.13. The average molecular weight is 289 g/mol. The van der Waals surface area contributed by atoms with E-state index < -0.39 is 34.7 Å². The Hall–Kier alpha value is -1.57. The molecule has 0 bridgehead atoms. The van der Waals surface area contributed by atoms with Crippen molar-refractivity contribution in [3.63, 3.8) is 0 Å². The van der Waals surface area contributed by atoms with Crippen molar-refractivity contribution in [2.24, 2.45) is 9.98 Å². The third kappa shape index (κ3) is 6.23. The van der Waals surface area contributed by atoms with E-state index in [2.05, 4.69) is 27.4 Å². The first-order valence-electron chi connectivity index (χ1n) is 5.37. The number of thiol groups is 1. The minimum absolute atomic E-state index is 0.584. The second-order valence-electron chi connectivity index (χ2n) is 4.31. The molecule has 0 saturated carbocycles. The Morgan fingerprint density at radius 3 is 2.32 bits per heavy atom. The number of ether oxygens (including phenoxy) is 1. The van der Waals surface area contributed by atoms with Gasteiger partial charge in [-0.1, -0.05) is 0 Å².